The summed E-state index contributed by atoms with van der Waals surface area (Å²) in [7, 11) is -1.34. The van der Waals surface area contributed by atoms with Gasteiger partial charge in [0.2, 0.25) is 11.8 Å². The molecule has 1 aliphatic heterocycles. The summed E-state index contributed by atoms with van der Waals surface area (Å²) in [6.45, 7) is 7.72. The summed E-state index contributed by atoms with van der Waals surface area (Å²) in [5.74, 6) is -0.0218. The first-order valence-corrected chi connectivity index (χ1v) is 12.0. The van der Waals surface area contributed by atoms with Crippen molar-refractivity contribution in [2.24, 2.45) is 0 Å². The highest BCUT2D eigenvalue weighted by atomic mass is 28.3. The zero-order valence-corrected chi connectivity index (χ0v) is 15.4. The second-order valence-electron chi connectivity index (χ2n) is 7.26. The lowest BCUT2D eigenvalue weighted by atomic mass is 10.1. The van der Waals surface area contributed by atoms with Crippen LogP contribution in [0.5, 0.6) is 0 Å². The average molecular weight is 330 g/mol. The molecule has 1 saturated heterocycles. The molecule has 0 unspecified atom stereocenters. The molecule has 0 N–H and O–H groups in total. The molecular formula is C19H27NO2Si. The van der Waals surface area contributed by atoms with Gasteiger partial charge in [-0.05, 0) is 23.9 Å². The van der Waals surface area contributed by atoms with Crippen LogP contribution in [0.4, 0.5) is 0 Å². The lowest BCUT2D eigenvalue weighted by molar-refractivity contribution is -0.138. The van der Waals surface area contributed by atoms with Crippen LogP contribution in [-0.4, -0.2) is 31.3 Å². The van der Waals surface area contributed by atoms with Crippen LogP contribution in [0.1, 0.15) is 36.8 Å². The quantitative estimate of drug-likeness (QED) is 0.326. The van der Waals surface area contributed by atoms with Crippen molar-refractivity contribution < 1.29 is 9.59 Å². The van der Waals surface area contributed by atoms with Crippen LogP contribution >= 0.6 is 0 Å². The van der Waals surface area contributed by atoms with Crippen molar-refractivity contribution in [1.29, 1.82) is 0 Å². The zero-order chi connectivity index (χ0) is 16.9. The number of amides is 2. The Balaban J connectivity index is 1.89. The van der Waals surface area contributed by atoms with E-state index in [0.717, 1.165) is 12.8 Å². The predicted octanol–water partition coefficient (Wildman–Crippen LogP) is 4.13. The van der Waals surface area contributed by atoms with Crippen LogP contribution in [0, 0.1) is 0 Å². The van der Waals surface area contributed by atoms with Gasteiger partial charge in [-0.15, -0.1) is 0 Å². The number of carbonyl (C=O) groups is 2. The summed E-state index contributed by atoms with van der Waals surface area (Å²) in [6, 6.07) is 10.7. The monoisotopic (exact) mass is 329 g/mol. The summed E-state index contributed by atoms with van der Waals surface area (Å²) in [5.41, 5.74) is 1.88. The van der Waals surface area contributed by atoms with Gasteiger partial charge in [-0.1, -0.05) is 62.1 Å². The highest BCUT2D eigenvalue weighted by molar-refractivity contribution is 6.78. The van der Waals surface area contributed by atoms with Gasteiger partial charge in [0, 0.05) is 19.4 Å². The Kier molecular flexibility index (Phi) is 5.94. The Hall–Kier alpha value is -1.68. The van der Waals surface area contributed by atoms with Gasteiger partial charge in [0.1, 0.15) is 0 Å². The van der Waals surface area contributed by atoms with Crippen LogP contribution in [0.2, 0.25) is 19.6 Å². The van der Waals surface area contributed by atoms with E-state index in [1.165, 1.54) is 10.5 Å². The maximum atomic E-state index is 11.6. The number of hydrogen-bond donors (Lipinski definition) is 0. The summed E-state index contributed by atoms with van der Waals surface area (Å²) in [6.07, 6.45) is 7.09. The second-order valence-corrected chi connectivity index (χ2v) is 12.6. The van der Waals surface area contributed by atoms with Gasteiger partial charge in [-0.25, -0.2) is 0 Å². The minimum absolute atomic E-state index is 0.0109. The highest BCUT2D eigenvalue weighted by Gasteiger charge is 2.28. The molecule has 1 aromatic rings. The van der Waals surface area contributed by atoms with Gasteiger partial charge in [-0.2, -0.15) is 0 Å². The molecule has 0 bridgehead atoms. The number of allylic oxidation sites excluding steroid dienone is 2. The maximum Gasteiger partial charge on any atom is 0.229 e. The third-order valence-corrected chi connectivity index (χ3v) is 6.72. The largest absolute Gasteiger partial charge is 0.283 e. The smallest absolute Gasteiger partial charge is 0.229 e. The van der Waals surface area contributed by atoms with E-state index in [1.807, 2.05) is 0 Å². The Morgan fingerprint density at radius 1 is 1.09 bits per heavy atom. The van der Waals surface area contributed by atoms with E-state index in [-0.39, 0.29) is 11.8 Å². The molecule has 0 aromatic heterocycles. The molecule has 2 amide bonds. The average Bonchev–Trinajstić information content (AvgIpc) is 2.82. The van der Waals surface area contributed by atoms with Crippen LogP contribution in [-0.2, 0) is 9.59 Å². The number of benzene rings is 1. The minimum atomic E-state index is -1.34. The minimum Gasteiger partial charge on any atom is -0.283 e. The molecule has 1 aliphatic rings. The molecule has 1 aromatic carbocycles. The van der Waals surface area contributed by atoms with Gasteiger partial charge >= 0.3 is 0 Å². The van der Waals surface area contributed by atoms with Crippen molar-refractivity contribution in [2.75, 3.05) is 6.54 Å². The van der Waals surface area contributed by atoms with Gasteiger partial charge in [-0.3, -0.25) is 14.5 Å². The zero-order valence-electron chi connectivity index (χ0n) is 14.4. The van der Waals surface area contributed by atoms with E-state index < -0.39 is 8.07 Å². The maximum absolute atomic E-state index is 11.6. The van der Waals surface area contributed by atoms with Crippen molar-refractivity contribution in [1.82, 2.24) is 4.90 Å². The highest BCUT2D eigenvalue weighted by Crippen LogP contribution is 2.28. The van der Waals surface area contributed by atoms with E-state index in [9.17, 15) is 9.59 Å². The number of likely N-dealkylation sites (tertiary alicyclic amines) is 1. The first-order chi connectivity index (χ1) is 10.9. The lowest BCUT2D eigenvalue weighted by Gasteiger charge is -2.26. The van der Waals surface area contributed by atoms with E-state index in [0.29, 0.717) is 24.9 Å². The molecule has 4 heteroatoms. The van der Waals surface area contributed by atoms with E-state index in [4.69, 9.17) is 0 Å². The molecule has 0 radical (unpaired) electrons. The fourth-order valence-corrected chi connectivity index (χ4v) is 4.94. The fraction of sp³-hybridized carbons (Fsp3) is 0.474. The number of rotatable bonds is 7. The van der Waals surface area contributed by atoms with Gasteiger partial charge < -0.3 is 0 Å². The number of unbranched alkanes of at least 4 members (excludes halogenated alkanes) is 1. The van der Waals surface area contributed by atoms with Gasteiger partial charge in [0.05, 0.1) is 8.07 Å². The molecular weight excluding hydrogens is 302 g/mol. The topological polar surface area (TPSA) is 37.4 Å². The van der Waals surface area contributed by atoms with Crippen LogP contribution in [0.15, 0.2) is 42.5 Å². The normalized spacial score (nSPS) is 17.3. The summed E-state index contributed by atoms with van der Waals surface area (Å²) >= 11 is 0. The first-order valence-electron chi connectivity index (χ1n) is 8.44. The Morgan fingerprint density at radius 2 is 1.70 bits per heavy atom. The van der Waals surface area contributed by atoms with Crippen molar-refractivity contribution in [3.63, 3.8) is 0 Å². The molecule has 0 saturated carbocycles. The molecule has 0 aliphatic carbocycles. The molecule has 124 valence electrons. The SMILES string of the molecule is C[Si](C)(C)[C@@H](/C=C/CCCN1C(=O)CCC1=O)c1ccccc1. The van der Waals surface area contributed by atoms with Crippen molar-refractivity contribution in [2.45, 2.75) is 50.9 Å². The fourth-order valence-electron chi connectivity index (χ4n) is 3.03. The molecule has 1 heterocycles. The van der Waals surface area contributed by atoms with E-state index in [2.05, 4.69) is 62.1 Å². The molecule has 0 spiro atoms. The summed E-state index contributed by atoms with van der Waals surface area (Å²) in [4.78, 5) is 24.5. The molecule has 2 rings (SSSR count). The van der Waals surface area contributed by atoms with Gasteiger partial charge in [0.15, 0.2) is 0 Å². The predicted molar refractivity (Wildman–Crippen MR) is 96.9 cm³/mol. The summed E-state index contributed by atoms with van der Waals surface area (Å²) < 4.78 is 0. The Labute approximate surface area is 140 Å². The van der Waals surface area contributed by atoms with Crippen molar-refractivity contribution in [3.05, 3.63) is 48.0 Å². The van der Waals surface area contributed by atoms with Crippen LogP contribution in [0.25, 0.3) is 0 Å². The third-order valence-electron chi connectivity index (χ3n) is 4.33. The summed E-state index contributed by atoms with van der Waals surface area (Å²) in [5, 5.41) is 0. The first kappa shape index (κ1) is 17.7. The second kappa shape index (κ2) is 7.73. The Morgan fingerprint density at radius 3 is 2.26 bits per heavy atom. The van der Waals surface area contributed by atoms with Crippen LogP contribution < -0.4 is 0 Å². The van der Waals surface area contributed by atoms with Crippen molar-refractivity contribution >= 4 is 19.9 Å². The van der Waals surface area contributed by atoms with Crippen LogP contribution in [0.3, 0.4) is 0 Å². The molecule has 23 heavy (non-hydrogen) atoms. The standard InChI is InChI=1S/C19H27NO2Si/c1-23(2,3)17(16-10-6-4-7-11-16)12-8-5-9-15-20-18(21)13-14-19(20)22/h4,6-8,10-12,17H,5,9,13-15H2,1-3H3/b12-8+/t17-/m0/s1. The van der Waals surface area contributed by atoms with Crippen molar-refractivity contribution in [3.8, 4) is 0 Å². The Bertz CT molecular complexity index is 559. The van der Waals surface area contributed by atoms with Gasteiger partial charge in [0.25, 0.3) is 0 Å². The number of carbonyl (C=O) groups excluding carboxylic acids is 2. The van der Waals surface area contributed by atoms with E-state index in [1.54, 1.807) is 0 Å². The molecule has 1 fully saturated rings. The molecule has 1 atom stereocenters. The number of imide groups is 1. The number of nitrogens with zero attached hydrogens (tertiary/aromatic N) is 1. The third kappa shape index (κ3) is 4.89. The number of hydrogen-bond acceptors (Lipinski definition) is 2. The molecule has 3 nitrogen and oxygen atoms in total. The van der Waals surface area contributed by atoms with E-state index >= 15 is 0 Å². The lowest BCUT2D eigenvalue weighted by Crippen LogP contribution is -2.30.